The van der Waals surface area contributed by atoms with E-state index in [-0.39, 0.29) is 36.3 Å². The number of para-hydroxylation sites is 2. The lowest BCUT2D eigenvalue weighted by Crippen LogP contribution is -3.00. The highest BCUT2D eigenvalue weighted by Gasteiger charge is 2.22. The minimum Gasteiger partial charge on any atom is -1.00 e. The minimum atomic E-state index is -0.524. The molecule has 0 saturated heterocycles. The van der Waals surface area contributed by atoms with E-state index in [1.807, 2.05) is 35.8 Å². The van der Waals surface area contributed by atoms with Gasteiger partial charge in [-0.05, 0) is 25.1 Å². The number of hydrogen-bond donors (Lipinski definition) is 2. The molecule has 0 radical (unpaired) electrons. The lowest BCUT2D eigenvalue weighted by Gasteiger charge is -2.09. The molecule has 2 aromatic carbocycles. The first-order valence-corrected chi connectivity index (χ1v) is 8.35. The Morgan fingerprint density at radius 3 is 2.68 bits per heavy atom. The number of non-ortho nitro benzene ring substituents is 1. The number of nitro benzene ring substituents is 1. The number of anilines is 2. The van der Waals surface area contributed by atoms with Crippen LogP contribution in [0.3, 0.4) is 0 Å². The largest absolute Gasteiger partial charge is 1.00 e. The molecule has 0 aliphatic carbocycles. The van der Waals surface area contributed by atoms with Crippen LogP contribution in [0.5, 0.6) is 5.75 Å². The van der Waals surface area contributed by atoms with Gasteiger partial charge in [-0.2, -0.15) is 0 Å². The van der Waals surface area contributed by atoms with Crippen LogP contribution in [0.4, 0.5) is 17.3 Å². The van der Waals surface area contributed by atoms with Crippen molar-refractivity contribution >= 4 is 34.3 Å². The van der Waals surface area contributed by atoms with Crippen LogP contribution >= 0.6 is 0 Å². The molecule has 0 bridgehead atoms. The predicted octanol–water partition coefficient (Wildman–Crippen LogP) is -0.910. The molecule has 3 N–H and O–H groups in total. The van der Waals surface area contributed by atoms with Crippen molar-refractivity contribution in [2.75, 3.05) is 18.2 Å². The molecule has 0 aliphatic rings. The van der Waals surface area contributed by atoms with Gasteiger partial charge in [0.2, 0.25) is 0 Å². The quantitative estimate of drug-likeness (QED) is 0.313. The van der Waals surface area contributed by atoms with Gasteiger partial charge in [-0.1, -0.05) is 12.1 Å². The number of ether oxygens (including phenoxy) is 1. The molecule has 0 atom stereocenters. The summed E-state index contributed by atoms with van der Waals surface area (Å²) in [6, 6.07) is 11.7. The number of methoxy groups -OCH3 is 1. The van der Waals surface area contributed by atoms with Crippen molar-refractivity contribution in [3.63, 3.8) is 0 Å². The number of nitrogen functional groups attached to an aromatic ring is 1. The molecule has 0 saturated carbocycles. The second-order valence-corrected chi connectivity index (χ2v) is 5.87. The summed E-state index contributed by atoms with van der Waals surface area (Å²) < 4.78 is 8.80. The van der Waals surface area contributed by atoms with Gasteiger partial charge in [0.15, 0.2) is 6.54 Å². The van der Waals surface area contributed by atoms with Crippen LogP contribution in [-0.4, -0.2) is 22.5 Å². The molecule has 1 aromatic heterocycles. The summed E-state index contributed by atoms with van der Waals surface area (Å²) in [5.74, 6) is 0.369. The van der Waals surface area contributed by atoms with Gasteiger partial charge in [0.1, 0.15) is 16.8 Å². The number of nitrogens with one attached hydrogen (secondary N) is 1. The molecule has 3 rings (SSSR count). The first-order valence-electron chi connectivity index (χ1n) is 8.35. The molecular formula is C18H20ClN5O4. The number of amides is 1. The Morgan fingerprint density at radius 2 is 2.04 bits per heavy atom. The van der Waals surface area contributed by atoms with Crippen molar-refractivity contribution < 1.29 is 31.4 Å². The minimum absolute atomic E-state index is 0. The fourth-order valence-electron chi connectivity index (χ4n) is 3.04. The number of nitrogens with zero attached hydrogens (tertiary/aromatic N) is 3. The number of halogens is 1. The van der Waals surface area contributed by atoms with E-state index in [1.54, 1.807) is 4.57 Å². The normalized spacial score (nSPS) is 10.4. The number of aryl methyl sites for hydroxylation is 1. The molecule has 1 amide bonds. The highest BCUT2D eigenvalue weighted by Crippen LogP contribution is 2.29. The predicted molar refractivity (Wildman–Crippen MR) is 100 cm³/mol. The van der Waals surface area contributed by atoms with Crippen molar-refractivity contribution in [2.24, 2.45) is 0 Å². The number of nitro groups is 1. The number of carbonyl (C=O) groups is 1. The van der Waals surface area contributed by atoms with Crippen molar-refractivity contribution in [3.8, 4) is 5.75 Å². The summed E-state index contributed by atoms with van der Waals surface area (Å²) >= 11 is 0. The lowest BCUT2D eigenvalue weighted by molar-refractivity contribution is -0.643. The fraction of sp³-hybridized carbons (Fsp3) is 0.222. The molecule has 10 heteroatoms. The molecule has 0 fully saturated rings. The zero-order valence-electron chi connectivity index (χ0n) is 15.4. The Morgan fingerprint density at radius 1 is 1.32 bits per heavy atom. The summed E-state index contributed by atoms with van der Waals surface area (Å²) in [6.07, 6.45) is 0. The second-order valence-electron chi connectivity index (χ2n) is 5.87. The summed E-state index contributed by atoms with van der Waals surface area (Å²) in [5, 5.41) is 13.6. The summed E-state index contributed by atoms with van der Waals surface area (Å²) in [6.45, 7) is 2.66. The third-order valence-corrected chi connectivity index (χ3v) is 4.30. The van der Waals surface area contributed by atoms with E-state index in [2.05, 4.69) is 5.32 Å². The van der Waals surface area contributed by atoms with Gasteiger partial charge in [-0.25, -0.2) is 9.13 Å². The van der Waals surface area contributed by atoms with Gasteiger partial charge >= 0.3 is 5.95 Å². The first-order chi connectivity index (χ1) is 13.0. The number of nitrogens with two attached hydrogens (primary N) is 1. The second kappa shape index (κ2) is 8.57. The maximum atomic E-state index is 12.6. The number of rotatable bonds is 6. The number of hydrogen-bond acceptors (Lipinski definition) is 5. The zero-order chi connectivity index (χ0) is 19.6. The van der Waals surface area contributed by atoms with Crippen LogP contribution < -0.4 is 32.8 Å². The lowest BCUT2D eigenvalue weighted by atomic mass is 10.2. The summed E-state index contributed by atoms with van der Waals surface area (Å²) in [7, 11) is 1.39. The number of imidazole rings is 1. The van der Waals surface area contributed by atoms with Crippen LogP contribution in [0.25, 0.3) is 11.0 Å². The molecule has 0 aliphatic heterocycles. The molecule has 148 valence electrons. The fourth-order valence-corrected chi connectivity index (χ4v) is 3.04. The monoisotopic (exact) mass is 405 g/mol. The molecule has 1 heterocycles. The molecule has 3 aromatic rings. The Labute approximate surface area is 167 Å². The van der Waals surface area contributed by atoms with Gasteiger partial charge in [0.05, 0.1) is 30.3 Å². The van der Waals surface area contributed by atoms with Crippen LogP contribution in [0.1, 0.15) is 6.92 Å². The van der Waals surface area contributed by atoms with E-state index in [0.717, 1.165) is 11.0 Å². The molecular weight excluding hydrogens is 386 g/mol. The van der Waals surface area contributed by atoms with Gasteiger partial charge in [-0.15, -0.1) is 0 Å². The molecule has 0 spiro atoms. The highest BCUT2D eigenvalue weighted by molar-refractivity contribution is 5.92. The van der Waals surface area contributed by atoms with Crippen LogP contribution in [0, 0.1) is 10.1 Å². The molecule has 0 unspecified atom stereocenters. The topological polar surface area (TPSA) is 116 Å². The highest BCUT2D eigenvalue weighted by atomic mass is 35.5. The Bertz CT molecular complexity index is 1030. The smallest absolute Gasteiger partial charge is 0.356 e. The van der Waals surface area contributed by atoms with Crippen molar-refractivity contribution in [1.29, 1.82) is 0 Å². The van der Waals surface area contributed by atoms with Gasteiger partial charge in [0.25, 0.3) is 11.6 Å². The van der Waals surface area contributed by atoms with E-state index in [1.165, 1.54) is 25.3 Å². The Balaban J connectivity index is 0.00000280. The van der Waals surface area contributed by atoms with E-state index < -0.39 is 4.92 Å². The van der Waals surface area contributed by atoms with Crippen molar-refractivity contribution in [3.05, 3.63) is 52.6 Å². The summed E-state index contributed by atoms with van der Waals surface area (Å²) in [5.41, 5.74) is 8.25. The van der Waals surface area contributed by atoms with Gasteiger partial charge in [-0.3, -0.25) is 20.6 Å². The maximum Gasteiger partial charge on any atom is 0.356 e. The average molecular weight is 406 g/mol. The number of fused-ring (bicyclic) bond motifs is 1. The van der Waals surface area contributed by atoms with Crippen LogP contribution in [-0.2, 0) is 17.9 Å². The van der Waals surface area contributed by atoms with E-state index in [0.29, 0.717) is 18.2 Å². The SMILES string of the molecule is CCn1c(N)[n+](CC(=O)Nc2ccc([N+](=O)[O-])cc2OC)c2ccccc21.[Cl-]. The number of aromatic nitrogens is 2. The zero-order valence-corrected chi connectivity index (χ0v) is 16.1. The van der Waals surface area contributed by atoms with E-state index >= 15 is 0 Å². The van der Waals surface area contributed by atoms with E-state index in [9.17, 15) is 14.9 Å². The molecule has 28 heavy (non-hydrogen) atoms. The van der Waals surface area contributed by atoms with Crippen molar-refractivity contribution in [2.45, 2.75) is 20.0 Å². The number of carbonyl (C=O) groups excluding carboxylic acids is 1. The van der Waals surface area contributed by atoms with Crippen LogP contribution in [0.2, 0.25) is 0 Å². The maximum absolute atomic E-state index is 12.6. The molecule has 9 nitrogen and oxygen atoms in total. The first kappa shape index (κ1) is 21.0. The van der Waals surface area contributed by atoms with Crippen LogP contribution in [0.15, 0.2) is 42.5 Å². The average Bonchev–Trinajstić information content (AvgIpc) is 2.93. The third kappa shape index (κ3) is 3.84. The van der Waals surface area contributed by atoms with Gasteiger partial charge in [0, 0.05) is 6.07 Å². The van der Waals surface area contributed by atoms with Crippen molar-refractivity contribution in [1.82, 2.24) is 4.57 Å². The Hall–Kier alpha value is -3.33. The third-order valence-electron chi connectivity index (χ3n) is 4.30. The van der Waals surface area contributed by atoms with E-state index in [4.69, 9.17) is 10.5 Å². The number of benzene rings is 2. The van der Waals surface area contributed by atoms with Gasteiger partial charge < -0.3 is 22.5 Å². The standard InChI is InChI=1S/C18H19N5O4.ClH/c1-3-21-14-6-4-5-7-15(14)22(18(21)19)11-17(24)20-13-9-8-12(23(25)26)10-16(13)27-2;/h4-10,19H,3,11H2,1-2H3,(H,20,24);1H. The summed E-state index contributed by atoms with van der Waals surface area (Å²) in [4.78, 5) is 22.9. The Kier molecular flexibility index (Phi) is 6.42.